The first-order valence-electron chi connectivity index (χ1n) is 6.35. The van der Waals surface area contributed by atoms with E-state index < -0.39 is 30.0 Å². The molecular formula is C14H14N2O6S2. The predicted octanol–water partition coefficient (Wildman–Crippen LogP) is 1.41. The maximum atomic E-state index is 11.5. The zero-order valence-corrected chi connectivity index (χ0v) is 13.8. The Bertz CT molecular complexity index is 959. The summed E-state index contributed by atoms with van der Waals surface area (Å²) in [6.45, 7) is 3.67. The van der Waals surface area contributed by atoms with Crippen LogP contribution in [0.4, 0.5) is 11.4 Å². The third-order valence-corrected chi connectivity index (χ3v) is 5.00. The van der Waals surface area contributed by atoms with Gasteiger partial charge >= 0.3 is 0 Å². The van der Waals surface area contributed by atoms with Gasteiger partial charge in [-0.15, -0.1) is 0 Å². The predicted molar refractivity (Wildman–Crippen MR) is 89.5 cm³/mol. The van der Waals surface area contributed by atoms with E-state index in [-0.39, 0.29) is 28.1 Å². The van der Waals surface area contributed by atoms with Crippen molar-refractivity contribution in [3.05, 3.63) is 54.1 Å². The highest BCUT2D eigenvalue weighted by molar-refractivity contribution is 7.86. The van der Waals surface area contributed by atoms with Crippen LogP contribution >= 0.6 is 0 Å². The molecule has 2 aromatic rings. The largest absolute Gasteiger partial charge is 0.399 e. The number of anilines is 2. The Kier molecular flexibility index (Phi) is 4.42. The van der Waals surface area contributed by atoms with E-state index in [1.165, 1.54) is 24.3 Å². The summed E-state index contributed by atoms with van der Waals surface area (Å²) in [7, 11) is -9.29. The maximum Gasteiger partial charge on any atom is 0.295 e. The van der Waals surface area contributed by atoms with Crippen LogP contribution in [-0.2, 0) is 20.2 Å². The molecule has 0 aliphatic rings. The summed E-state index contributed by atoms with van der Waals surface area (Å²) in [5.41, 5.74) is 11.0. The fourth-order valence-electron chi connectivity index (χ4n) is 2.15. The van der Waals surface area contributed by atoms with Crippen molar-refractivity contribution in [2.75, 3.05) is 11.5 Å². The molecule has 0 atom stereocenters. The number of nitrogens with two attached hydrogens (primary N) is 2. The molecule has 0 saturated heterocycles. The molecule has 0 unspecified atom stereocenters. The van der Waals surface area contributed by atoms with Gasteiger partial charge in [-0.1, -0.05) is 18.7 Å². The molecule has 0 aromatic heterocycles. The number of hydrogen-bond donors (Lipinski definition) is 4. The molecule has 24 heavy (non-hydrogen) atoms. The number of hydrogen-bond acceptors (Lipinski definition) is 6. The lowest BCUT2D eigenvalue weighted by molar-refractivity contribution is 0.481. The van der Waals surface area contributed by atoms with E-state index in [0.29, 0.717) is 0 Å². The van der Waals surface area contributed by atoms with Crippen LogP contribution in [0, 0.1) is 0 Å². The van der Waals surface area contributed by atoms with E-state index in [1.54, 1.807) is 0 Å². The van der Waals surface area contributed by atoms with Crippen molar-refractivity contribution in [3.8, 4) is 0 Å². The highest BCUT2D eigenvalue weighted by atomic mass is 32.2. The van der Waals surface area contributed by atoms with Crippen LogP contribution in [0.25, 0.3) is 5.57 Å². The minimum Gasteiger partial charge on any atom is -0.399 e. The van der Waals surface area contributed by atoms with E-state index in [0.717, 1.165) is 12.1 Å². The summed E-state index contributed by atoms with van der Waals surface area (Å²) in [6, 6.07) is 7.29. The number of rotatable bonds is 4. The minimum atomic E-state index is -4.64. The molecule has 0 bridgehead atoms. The lowest BCUT2D eigenvalue weighted by atomic mass is 9.99. The van der Waals surface area contributed by atoms with Crippen LogP contribution in [0.3, 0.4) is 0 Å². The quantitative estimate of drug-likeness (QED) is 0.464. The molecule has 6 N–H and O–H groups in total. The molecule has 10 heteroatoms. The molecule has 0 aliphatic carbocycles. The van der Waals surface area contributed by atoms with Crippen LogP contribution in [0.2, 0.25) is 0 Å². The third-order valence-electron chi connectivity index (χ3n) is 3.22. The van der Waals surface area contributed by atoms with Crippen molar-refractivity contribution in [3.63, 3.8) is 0 Å². The van der Waals surface area contributed by atoms with Crippen LogP contribution in [0.15, 0.2) is 52.8 Å². The lowest BCUT2D eigenvalue weighted by Gasteiger charge is -2.14. The van der Waals surface area contributed by atoms with Gasteiger partial charge in [0.15, 0.2) is 0 Å². The number of nitrogen functional groups attached to an aromatic ring is 2. The second kappa shape index (κ2) is 5.91. The summed E-state index contributed by atoms with van der Waals surface area (Å²) in [6.07, 6.45) is 0. The van der Waals surface area contributed by atoms with Gasteiger partial charge in [-0.05, 0) is 29.8 Å². The van der Waals surface area contributed by atoms with Crippen molar-refractivity contribution >= 4 is 37.2 Å². The van der Waals surface area contributed by atoms with Gasteiger partial charge in [0.05, 0.1) is 0 Å². The molecule has 2 aromatic carbocycles. The van der Waals surface area contributed by atoms with E-state index in [2.05, 4.69) is 6.58 Å². The molecule has 0 aliphatic heterocycles. The summed E-state index contributed by atoms with van der Waals surface area (Å²) in [5.74, 6) is 0. The molecule has 2 rings (SSSR count). The molecule has 0 amide bonds. The van der Waals surface area contributed by atoms with E-state index in [4.69, 9.17) is 11.5 Å². The third kappa shape index (κ3) is 3.57. The van der Waals surface area contributed by atoms with Crippen molar-refractivity contribution in [2.45, 2.75) is 9.79 Å². The molecule has 0 spiro atoms. The van der Waals surface area contributed by atoms with Crippen LogP contribution in [0.1, 0.15) is 11.1 Å². The van der Waals surface area contributed by atoms with Gasteiger partial charge in [-0.2, -0.15) is 16.8 Å². The second-order valence-electron chi connectivity index (χ2n) is 4.94. The maximum absolute atomic E-state index is 11.5. The van der Waals surface area contributed by atoms with Crippen molar-refractivity contribution in [1.82, 2.24) is 0 Å². The van der Waals surface area contributed by atoms with Gasteiger partial charge in [0.1, 0.15) is 9.79 Å². The average molecular weight is 370 g/mol. The molecule has 0 fully saturated rings. The first-order chi connectivity index (χ1) is 10.9. The zero-order valence-electron chi connectivity index (χ0n) is 12.2. The molecule has 0 heterocycles. The van der Waals surface area contributed by atoms with E-state index in [1.807, 2.05) is 0 Å². The van der Waals surface area contributed by atoms with Crippen LogP contribution < -0.4 is 11.5 Å². The Balaban J connectivity index is 2.77. The standard InChI is InChI=1S/C14H14N2O6S2/c1-8(11-4-2-9(15)6-13(11)23(17,18)19)12-5-3-10(16)7-14(12)24(20,21)22/h2-7H,1,15-16H2,(H,17,18,19)(H,20,21,22). The van der Waals surface area contributed by atoms with Crippen LogP contribution in [0.5, 0.6) is 0 Å². The molecule has 0 saturated carbocycles. The van der Waals surface area contributed by atoms with E-state index >= 15 is 0 Å². The highest BCUT2D eigenvalue weighted by Gasteiger charge is 2.23. The fraction of sp³-hybridized carbons (Fsp3) is 0. The van der Waals surface area contributed by atoms with Gasteiger partial charge in [0, 0.05) is 22.5 Å². The van der Waals surface area contributed by atoms with Crippen LogP contribution in [-0.4, -0.2) is 25.9 Å². The average Bonchev–Trinajstić information content (AvgIpc) is 2.44. The first kappa shape index (κ1) is 17.9. The SMILES string of the molecule is C=C(c1ccc(N)cc1S(=O)(=O)O)c1ccc(N)cc1S(=O)(=O)O. The van der Waals surface area contributed by atoms with Gasteiger partial charge < -0.3 is 11.5 Å². The zero-order chi connectivity index (χ0) is 18.3. The van der Waals surface area contributed by atoms with Crippen molar-refractivity contribution < 1.29 is 25.9 Å². The smallest absolute Gasteiger partial charge is 0.295 e. The molecule has 128 valence electrons. The van der Waals surface area contributed by atoms with Gasteiger partial charge in [0.2, 0.25) is 0 Å². The van der Waals surface area contributed by atoms with Crippen molar-refractivity contribution in [1.29, 1.82) is 0 Å². The summed E-state index contributed by atoms with van der Waals surface area (Å²) in [4.78, 5) is -1.07. The Morgan fingerprint density at radius 3 is 1.42 bits per heavy atom. The van der Waals surface area contributed by atoms with Crippen molar-refractivity contribution in [2.24, 2.45) is 0 Å². The Morgan fingerprint density at radius 1 is 0.792 bits per heavy atom. The second-order valence-corrected chi connectivity index (χ2v) is 7.72. The van der Waals surface area contributed by atoms with E-state index in [9.17, 15) is 25.9 Å². The number of benzene rings is 2. The summed E-state index contributed by atoms with van der Waals surface area (Å²) < 4.78 is 64.9. The lowest BCUT2D eigenvalue weighted by Crippen LogP contribution is -2.07. The monoisotopic (exact) mass is 370 g/mol. The fourth-order valence-corrected chi connectivity index (χ4v) is 3.66. The molecule has 8 nitrogen and oxygen atoms in total. The normalized spacial score (nSPS) is 12.1. The van der Waals surface area contributed by atoms with Gasteiger partial charge in [0.25, 0.3) is 20.2 Å². The minimum absolute atomic E-state index is 0.0600. The highest BCUT2D eigenvalue weighted by Crippen LogP contribution is 2.33. The Labute approximate surface area is 138 Å². The van der Waals surface area contributed by atoms with Gasteiger partial charge in [-0.25, -0.2) is 0 Å². The first-order valence-corrected chi connectivity index (χ1v) is 9.23. The topological polar surface area (TPSA) is 161 Å². The summed E-state index contributed by atoms with van der Waals surface area (Å²) in [5, 5.41) is 0. The Morgan fingerprint density at radius 2 is 1.12 bits per heavy atom. The molecular weight excluding hydrogens is 356 g/mol. The summed E-state index contributed by atoms with van der Waals surface area (Å²) >= 11 is 0. The Hall–Kier alpha value is -2.40. The van der Waals surface area contributed by atoms with Gasteiger partial charge in [-0.3, -0.25) is 9.11 Å². The molecule has 0 radical (unpaired) electrons.